The van der Waals surface area contributed by atoms with Crippen LogP contribution in [-0.2, 0) is 0 Å². The summed E-state index contributed by atoms with van der Waals surface area (Å²) in [4.78, 5) is 16.1. The average Bonchev–Trinajstić information content (AvgIpc) is 2.63. The number of hydrogen-bond donors (Lipinski definition) is 2. The number of carbonyl (C=O) groups excluding carboxylic acids is 1. The maximum absolute atomic E-state index is 14.2. The standard InChI is InChI=1S/C19H15FN2OS/c20-17-13-7-12-16(14-8-3-1-4-9-14)18(17)19(23)21-22-24-15-10-5-2-6-11-15/h1-13,22H,(H,21,23). The number of rotatable bonds is 5. The minimum absolute atomic E-state index is 0.0184. The fourth-order valence-electron chi connectivity index (χ4n) is 2.30. The molecule has 1 amide bonds. The Morgan fingerprint density at radius 3 is 2.21 bits per heavy atom. The summed E-state index contributed by atoms with van der Waals surface area (Å²) < 4.78 is 14.2. The van der Waals surface area contributed by atoms with Crippen molar-refractivity contribution < 1.29 is 9.18 Å². The Morgan fingerprint density at radius 1 is 0.833 bits per heavy atom. The van der Waals surface area contributed by atoms with Crippen LogP contribution in [0, 0.1) is 5.82 Å². The summed E-state index contributed by atoms with van der Waals surface area (Å²) in [6, 6.07) is 23.4. The lowest BCUT2D eigenvalue weighted by Gasteiger charge is -2.12. The van der Waals surface area contributed by atoms with Crippen LogP contribution in [0.25, 0.3) is 11.1 Å². The Balaban J connectivity index is 1.77. The maximum atomic E-state index is 14.2. The van der Waals surface area contributed by atoms with E-state index in [9.17, 15) is 9.18 Å². The van der Waals surface area contributed by atoms with Gasteiger partial charge in [-0.1, -0.05) is 60.7 Å². The molecule has 2 N–H and O–H groups in total. The lowest BCUT2D eigenvalue weighted by molar-refractivity contribution is 0.0943. The van der Waals surface area contributed by atoms with Gasteiger partial charge in [0.25, 0.3) is 5.91 Å². The second-order valence-electron chi connectivity index (χ2n) is 5.00. The normalized spacial score (nSPS) is 10.4. The molecule has 3 nitrogen and oxygen atoms in total. The van der Waals surface area contributed by atoms with Crippen LogP contribution in [-0.4, -0.2) is 5.91 Å². The van der Waals surface area contributed by atoms with Crippen LogP contribution in [0.1, 0.15) is 10.4 Å². The fourth-order valence-corrected chi connectivity index (χ4v) is 2.85. The highest BCUT2D eigenvalue weighted by molar-refractivity contribution is 7.97. The van der Waals surface area contributed by atoms with Gasteiger partial charge in [0.15, 0.2) is 0 Å². The van der Waals surface area contributed by atoms with Crippen molar-refractivity contribution in [3.05, 3.63) is 90.2 Å². The van der Waals surface area contributed by atoms with Gasteiger partial charge in [0.1, 0.15) is 5.82 Å². The monoisotopic (exact) mass is 338 g/mol. The molecule has 3 rings (SSSR count). The molecule has 24 heavy (non-hydrogen) atoms. The molecule has 0 fully saturated rings. The molecule has 0 radical (unpaired) electrons. The van der Waals surface area contributed by atoms with Crippen LogP contribution in [0.3, 0.4) is 0 Å². The maximum Gasteiger partial charge on any atom is 0.269 e. The molecule has 3 aromatic carbocycles. The van der Waals surface area contributed by atoms with Crippen molar-refractivity contribution in [1.82, 2.24) is 10.3 Å². The van der Waals surface area contributed by atoms with Gasteiger partial charge in [0.2, 0.25) is 0 Å². The van der Waals surface area contributed by atoms with Crippen molar-refractivity contribution >= 4 is 17.9 Å². The van der Waals surface area contributed by atoms with Crippen molar-refractivity contribution in [2.45, 2.75) is 4.90 Å². The molecule has 0 saturated heterocycles. The smallest absolute Gasteiger partial charge is 0.269 e. The number of amides is 1. The Morgan fingerprint density at radius 2 is 1.50 bits per heavy atom. The first-order chi connectivity index (χ1) is 11.8. The topological polar surface area (TPSA) is 41.1 Å². The number of benzene rings is 3. The van der Waals surface area contributed by atoms with E-state index in [4.69, 9.17) is 0 Å². The fraction of sp³-hybridized carbons (Fsp3) is 0. The van der Waals surface area contributed by atoms with Gasteiger partial charge in [-0.3, -0.25) is 10.2 Å². The second-order valence-corrected chi connectivity index (χ2v) is 5.88. The van der Waals surface area contributed by atoms with Gasteiger partial charge in [-0.15, -0.1) is 0 Å². The van der Waals surface area contributed by atoms with Crippen LogP contribution >= 0.6 is 11.9 Å². The van der Waals surface area contributed by atoms with Gasteiger partial charge in [0.05, 0.1) is 5.56 Å². The highest BCUT2D eigenvalue weighted by Gasteiger charge is 2.17. The zero-order valence-corrected chi connectivity index (χ0v) is 13.5. The predicted molar refractivity (Wildman–Crippen MR) is 94.7 cm³/mol. The zero-order chi connectivity index (χ0) is 16.8. The molecule has 0 aliphatic heterocycles. The minimum Gasteiger partial charge on any atom is -0.277 e. The second kappa shape index (κ2) is 7.77. The van der Waals surface area contributed by atoms with Crippen LogP contribution in [0.2, 0.25) is 0 Å². The number of nitrogens with one attached hydrogen (secondary N) is 2. The third-order valence-corrected chi connectivity index (χ3v) is 4.11. The van der Waals surface area contributed by atoms with Gasteiger partial charge in [-0.25, -0.2) is 4.39 Å². The number of carbonyl (C=O) groups is 1. The van der Waals surface area contributed by atoms with Gasteiger partial charge in [-0.2, -0.15) is 4.83 Å². The Hall–Kier alpha value is -2.63. The molecule has 0 aromatic heterocycles. The molecule has 0 unspecified atom stereocenters. The van der Waals surface area contributed by atoms with E-state index in [2.05, 4.69) is 10.3 Å². The average molecular weight is 338 g/mol. The Kier molecular flexibility index (Phi) is 5.25. The Bertz CT molecular complexity index is 825. The SMILES string of the molecule is O=C(NNSc1ccccc1)c1c(F)cccc1-c1ccccc1. The Labute approximate surface area is 144 Å². The van der Waals surface area contributed by atoms with Crippen LogP contribution in [0.4, 0.5) is 4.39 Å². The molecule has 5 heteroatoms. The summed E-state index contributed by atoms with van der Waals surface area (Å²) in [5.74, 6) is -1.07. The van der Waals surface area contributed by atoms with Gasteiger partial charge in [0, 0.05) is 4.90 Å². The van der Waals surface area contributed by atoms with Crippen molar-refractivity contribution in [2.24, 2.45) is 0 Å². The number of halogens is 1. The van der Waals surface area contributed by atoms with Crippen molar-refractivity contribution in [1.29, 1.82) is 0 Å². The van der Waals surface area contributed by atoms with Crippen LogP contribution in [0.5, 0.6) is 0 Å². The summed E-state index contributed by atoms with van der Waals surface area (Å²) in [7, 11) is 0. The number of hydrazine groups is 1. The predicted octanol–water partition coefficient (Wildman–Crippen LogP) is 4.43. The molecule has 0 bridgehead atoms. The molecule has 0 heterocycles. The van der Waals surface area contributed by atoms with E-state index in [-0.39, 0.29) is 5.56 Å². The number of hydrogen-bond acceptors (Lipinski definition) is 3. The lowest BCUT2D eigenvalue weighted by atomic mass is 9.99. The van der Waals surface area contributed by atoms with Crippen LogP contribution < -0.4 is 10.3 Å². The highest BCUT2D eigenvalue weighted by atomic mass is 32.2. The summed E-state index contributed by atoms with van der Waals surface area (Å²) in [5, 5.41) is 0. The minimum atomic E-state index is -0.555. The first-order valence-corrected chi connectivity index (χ1v) is 8.18. The largest absolute Gasteiger partial charge is 0.277 e. The van der Waals surface area contributed by atoms with Crippen molar-refractivity contribution in [3.63, 3.8) is 0 Å². The van der Waals surface area contributed by atoms with E-state index in [0.717, 1.165) is 10.5 Å². The van der Waals surface area contributed by atoms with Gasteiger partial charge in [-0.05, 0) is 41.3 Å². The molecule has 0 saturated carbocycles. The summed E-state index contributed by atoms with van der Waals surface area (Å²) in [6.07, 6.45) is 0. The van der Waals surface area contributed by atoms with Gasteiger partial charge < -0.3 is 0 Å². The molecule has 0 atom stereocenters. The molecular weight excluding hydrogens is 323 g/mol. The van der Waals surface area contributed by atoms with Crippen molar-refractivity contribution in [3.8, 4) is 11.1 Å². The molecule has 120 valence electrons. The van der Waals surface area contributed by atoms with Crippen LogP contribution in [0.15, 0.2) is 83.8 Å². The van der Waals surface area contributed by atoms with E-state index in [0.29, 0.717) is 5.56 Å². The van der Waals surface area contributed by atoms with Crippen molar-refractivity contribution in [2.75, 3.05) is 0 Å². The van der Waals surface area contributed by atoms with Gasteiger partial charge >= 0.3 is 0 Å². The van der Waals surface area contributed by atoms with E-state index >= 15 is 0 Å². The molecule has 3 aromatic rings. The third kappa shape index (κ3) is 3.82. The summed E-state index contributed by atoms with van der Waals surface area (Å²) >= 11 is 1.25. The van der Waals surface area contributed by atoms with E-state index < -0.39 is 11.7 Å². The highest BCUT2D eigenvalue weighted by Crippen LogP contribution is 2.25. The first-order valence-electron chi connectivity index (χ1n) is 7.37. The molecule has 0 aliphatic rings. The molecule has 0 spiro atoms. The molecular formula is C19H15FN2OS. The van der Waals surface area contributed by atoms with E-state index in [1.54, 1.807) is 12.1 Å². The lowest BCUT2D eigenvalue weighted by Crippen LogP contribution is -2.33. The third-order valence-electron chi connectivity index (χ3n) is 3.40. The quantitative estimate of drug-likeness (QED) is 0.534. The first kappa shape index (κ1) is 16.2. The zero-order valence-electron chi connectivity index (χ0n) is 12.7. The summed E-state index contributed by atoms with van der Waals surface area (Å²) in [6.45, 7) is 0. The van der Waals surface area contributed by atoms with E-state index in [1.807, 2.05) is 60.7 Å². The van der Waals surface area contributed by atoms with E-state index in [1.165, 1.54) is 18.0 Å². The molecule has 0 aliphatic carbocycles. The summed E-state index contributed by atoms with van der Waals surface area (Å²) in [5.41, 5.74) is 3.90.